The van der Waals surface area contributed by atoms with Crippen molar-refractivity contribution in [1.29, 1.82) is 0 Å². The van der Waals surface area contributed by atoms with Gasteiger partial charge >= 0.3 is 6.09 Å². The first-order valence-corrected chi connectivity index (χ1v) is 8.73. The van der Waals surface area contributed by atoms with Gasteiger partial charge < -0.3 is 10.1 Å². The third-order valence-electron chi connectivity index (χ3n) is 2.41. The van der Waals surface area contributed by atoms with Gasteiger partial charge in [0.05, 0.1) is 4.90 Å². The minimum absolute atomic E-state index is 0.242. The molecule has 0 radical (unpaired) electrons. The van der Waals surface area contributed by atoms with E-state index in [9.17, 15) is 13.2 Å². The maximum absolute atomic E-state index is 11.4. The maximum Gasteiger partial charge on any atom is 0.407 e. The van der Waals surface area contributed by atoms with Crippen molar-refractivity contribution in [3.05, 3.63) is 29.8 Å². The van der Waals surface area contributed by atoms with E-state index in [1.807, 2.05) is 0 Å². The molecule has 0 saturated carbocycles. The van der Waals surface area contributed by atoms with Crippen molar-refractivity contribution in [2.24, 2.45) is 0 Å². The Labute approximate surface area is 132 Å². The zero-order valence-electron chi connectivity index (χ0n) is 13.3. The lowest BCUT2D eigenvalue weighted by atomic mass is 10.2. The molecule has 0 fully saturated rings. The number of rotatable bonds is 3. The molecule has 120 valence electrons. The van der Waals surface area contributed by atoms with Crippen molar-refractivity contribution in [1.82, 2.24) is 5.32 Å². The number of alkyl carbamates (subject to hydrolysis) is 1. The maximum atomic E-state index is 11.4. The Balaban J connectivity index is 2.51. The van der Waals surface area contributed by atoms with Crippen LogP contribution in [0.5, 0.6) is 0 Å². The van der Waals surface area contributed by atoms with Crippen LogP contribution in [-0.4, -0.2) is 32.9 Å². The lowest BCUT2D eigenvalue weighted by Crippen LogP contribution is -2.32. The Morgan fingerprint density at radius 2 is 2.00 bits per heavy atom. The van der Waals surface area contributed by atoms with E-state index in [2.05, 4.69) is 17.2 Å². The van der Waals surface area contributed by atoms with Gasteiger partial charge in [-0.15, -0.1) is 0 Å². The molecular weight excluding hydrogens is 302 g/mol. The molecule has 0 aromatic heterocycles. The second-order valence-electron chi connectivity index (χ2n) is 5.78. The highest BCUT2D eigenvalue weighted by Gasteiger charge is 2.15. The van der Waals surface area contributed by atoms with E-state index in [-0.39, 0.29) is 4.90 Å². The summed E-state index contributed by atoms with van der Waals surface area (Å²) in [6, 6.07) is 6.45. The third-order valence-corrected chi connectivity index (χ3v) is 3.52. The highest BCUT2D eigenvalue weighted by atomic mass is 32.2. The van der Waals surface area contributed by atoms with Gasteiger partial charge in [-0.05, 0) is 39.0 Å². The molecule has 0 heterocycles. The smallest absolute Gasteiger partial charge is 0.407 e. The fourth-order valence-electron chi connectivity index (χ4n) is 1.51. The van der Waals surface area contributed by atoms with Crippen LogP contribution >= 0.6 is 0 Å². The van der Waals surface area contributed by atoms with Crippen LogP contribution in [0.15, 0.2) is 29.2 Å². The molecule has 0 atom stereocenters. The average molecular weight is 323 g/mol. The van der Waals surface area contributed by atoms with Gasteiger partial charge in [0.25, 0.3) is 0 Å². The average Bonchev–Trinajstić information content (AvgIpc) is 2.35. The van der Waals surface area contributed by atoms with Gasteiger partial charge in [0, 0.05) is 24.8 Å². The van der Waals surface area contributed by atoms with Crippen molar-refractivity contribution in [2.45, 2.75) is 37.7 Å². The highest BCUT2D eigenvalue weighted by Crippen LogP contribution is 2.10. The van der Waals surface area contributed by atoms with Gasteiger partial charge in [-0.3, -0.25) is 0 Å². The minimum Gasteiger partial charge on any atom is -0.444 e. The molecular formula is C16H21NO4S. The Kier molecular flexibility index (Phi) is 6.01. The first-order valence-electron chi connectivity index (χ1n) is 6.84. The molecule has 5 nitrogen and oxygen atoms in total. The molecule has 1 rings (SSSR count). The van der Waals surface area contributed by atoms with E-state index < -0.39 is 21.5 Å². The Morgan fingerprint density at radius 1 is 1.32 bits per heavy atom. The van der Waals surface area contributed by atoms with Crippen LogP contribution in [0, 0.1) is 11.8 Å². The molecule has 0 saturated heterocycles. The quantitative estimate of drug-likeness (QED) is 0.684. The van der Waals surface area contributed by atoms with Gasteiger partial charge in [0.1, 0.15) is 5.60 Å². The van der Waals surface area contributed by atoms with Crippen LogP contribution in [0.3, 0.4) is 0 Å². The molecule has 0 unspecified atom stereocenters. The molecule has 22 heavy (non-hydrogen) atoms. The molecule has 0 aliphatic carbocycles. The van der Waals surface area contributed by atoms with E-state index in [1.54, 1.807) is 32.9 Å². The summed E-state index contributed by atoms with van der Waals surface area (Å²) < 4.78 is 28.0. The topological polar surface area (TPSA) is 72.5 Å². The SMILES string of the molecule is CC(C)(C)OC(=O)NCCC#Cc1cccc(S(C)(=O)=O)c1. The summed E-state index contributed by atoms with van der Waals surface area (Å²) >= 11 is 0. The number of benzene rings is 1. The van der Waals surface area contributed by atoms with Crippen LogP contribution in [0.2, 0.25) is 0 Å². The van der Waals surface area contributed by atoms with Crippen LogP contribution in [0.25, 0.3) is 0 Å². The summed E-state index contributed by atoms with van der Waals surface area (Å²) in [5.74, 6) is 5.76. The van der Waals surface area contributed by atoms with Crippen LogP contribution in [0.1, 0.15) is 32.8 Å². The van der Waals surface area contributed by atoms with Crippen molar-refractivity contribution in [3.63, 3.8) is 0 Å². The van der Waals surface area contributed by atoms with Crippen LogP contribution in [0.4, 0.5) is 4.79 Å². The molecule has 6 heteroatoms. The van der Waals surface area contributed by atoms with Gasteiger partial charge in [-0.2, -0.15) is 0 Å². The Bertz CT molecular complexity index is 691. The molecule has 1 aromatic carbocycles. The van der Waals surface area contributed by atoms with Gasteiger partial charge in [0.2, 0.25) is 0 Å². The summed E-state index contributed by atoms with van der Waals surface area (Å²) in [6.07, 6.45) is 1.13. The molecule has 0 aliphatic heterocycles. The van der Waals surface area contributed by atoms with Gasteiger partial charge in [0.15, 0.2) is 9.84 Å². The standard InChI is InChI=1S/C16H21NO4S/c1-16(2,3)21-15(18)17-11-6-5-8-13-9-7-10-14(12-13)22(4,19)20/h7,9-10,12H,6,11H2,1-4H3,(H,17,18). The second-order valence-corrected chi connectivity index (χ2v) is 7.80. The first-order chi connectivity index (χ1) is 10.1. The van der Waals surface area contributed by atoms with Crippen molar-refractivity contribution < 1.29 is 17.9 Å². The van der Waals surface area contributed by atoms with E-state index in [4.69, 9.17) is 4.74 Å². The molecule has 0 spiro atoms. The Hall–Kier alpha value is -2.00. The number of ether oxygens (including phenoxy) is 1. The number of sulfone groups is 1. The van der Waals surface area contributed by atoms with E-state index >= 15 is 0 Å². The monoisotopic (exact) mass is 323 g/mol. The lowest BCUT2D eigenvalue weighted by Gasteiger charge is -2.19. The zero-order valence-corrected chi connectivity index (χ0v) is 14.1. The summed E-state index contributed by atoms with van der Waals surface area (Å²) in [6.45, 7) is 5.75. The molecule has 1 aromatic rings. The predicted octanol–water partition coefficient (Wildman–Crippen LogP) is 2.36. The highest BCUT2D eigenvalue weighted by molar-refractivity contribution is 7.90. The van der Waals surface area contributed by atoms with Crippen molar-refractivity contribution in [3.8, 4) is 11.8 Å². The normalized spacial score (nSPS) is 11.3. The molecule has 0 bridgehead atoms. The Morgan fingerprint density at radius 3 is 2.59 bits per heavy atom. The summed E-state index contributed by atoms with van der Waals surface area (Å²) in [5, 5.41) is 2.60. The van der Waals surface area contributed by atoms with E-state index in [0.717, 1.165) is 6.26 Å². The fraction of sp³-hybridized carbons (Fsp3) is 0.438. The fourth-order valence-corrected chi connectivity index (χ4v) is 2.18. The van der Waals surface area contributed by atoms with Crippen molar-refractivity contribution >= 4 is 15.9 Å². The van der Waals surface area contributed by atoms with Crippen LogP contribution in [-0.2, 0) is 14.6 Å². The largest absolute Gasteiger partial charge is 0.444 e. The summed E-state index contributed by atoms with van der Waals surface area (Å²) in [5.41, 5.74) is 0.0992. The van der Waals surface area contributed by atoms with Gasteiger partial charge in [-0.25, -0.2) is 13.2 Å². The number of hydrogen-bond donors (Lipinski definition) is 1. The molecule has 0 aliphatic rings. The zero-order chi connectivity index (χ0) is 16.8. The minimum atomic E-state index is -3.23. The number of carbonyl (C=O) groups excluding carboxylic acids is 1. The van der Waals surface area contributed by atoms with E-state index in [0.29, 0.717) is 18.5 Å². The van der Waals surface area contributed by atoms with E-state index in [1.165, 1.54) is 12.1 Å². The summed E-state index contributed by atoms with van der Waals surface area (Å²) in [7, 11) is -3.23. The third kappa shape index (κ3) is 7.14. The number of hydrogen-bond acceptors (Lipinski definition) is 4. The number of nitrogens with one attached hydrogen (secondary N) is 1. The number of carbonyl (C=O) groups is 1. The summed E-state index contributed by atoms with van der Waals surface area (Å²) in [4.78, 5) is 11.6. The lowest BCUT2D eigenvalue weighted by molar-refractivity contribution is 0.0529. The molecule has 1 N–H and O–H groups in total. The predicted molar refractivity (Wildman–Crippen MR) is 85.3 cm³/mol. The number of amides is 1. The second kappa shape index (κ2) is 7.32. The first kappa shape index (κ1) is 18.1. The van der Waals surface area contributed by atoms with Crippen molar-refractivity contribution in [2.75, 3.05) is 12.8 Å². The van der Waals surface area contributed by atoms with Gasteiger partial charge in [-0.1, -0.05) is 17.9 Å². The van der Waals surface area contributed by atoms with Crippen LogP contribution < -0.4 is 5.32 Å². The molecule has 1 amide bonds.